The Bertz CT molecular complexity index is 470. The quantitative estimate of drug-likeness (QED) is 0.671. The molecule has 0 bridgehead atoms. The number of amides is 1. The van der Waals surface area contributed by atoms with E-state index in [0.717, 1.165) is 4.47 Å². The lowest BCUT2D eigenvalue weighted by Crippen LogP contribution is -2.29. The average Bonchev–Trinajstić information content (AvgIpc) is 2.20. The van der Waals surface area contributed by atoms with Crippen LogP contribution in [0.15, 0.2) is 27.8 Å². The van der Waals surface area contributed by atoms with Gasteiger partial charge >= 0.3 is 6.09 Å². The Morgan fingerprint density at radius 2 is 2.17 bits per heavy atom. The number of halogens is 2. The topological polar surface area (TPSA) is 50.7 Å². The molecule has 1 aromatic rings. The number of rotatable bonds is 2. The van der Waals surface area contributed by atoms with E-state index in [4.69, 9.17) is 4.74 Å². The fraction of sp³-hybridized carbons (Fsp3) is 0.333. The van der Waals surface area contributed by atoms with Crippen LogP contribution in [-0.2, 0) is 4.74 Å². The zero-order chi connectivity index (χ0) is 13.8. The molecule has 4 nitrogen and oxygen atoms in total. The molecule has 0 atom stereocenters. The molecule has 1 amide bonds. The van der Waals surface area contributed by atoms with Crippen LogP contribution in [0.25, 0.3) is 0 Å². The molecule has 1 rings (SSSR count). The first kappa shape index (κ1) is 14.6. The van der Waals surface area contributed by atoms with Crippen molar-refractivity contribution in [2.45, 2.75) is 26.4 Å². The van der Waals surface area contributed by atoms with E-state index in [0.29, 0.717) is 0 Å². The third-order valence-electron chi connectivity index (χ3n) is 1.72. The van der Waals surface area contributed by atoms with Crippen molar-refractivity contribution in [3.63, 3.8) is 0 Å². The van der Waals surface area contributed by atoms with E-state index in [1.54, 1.807) is 32.9 Å². The normalized spacial score (nSPS) is 11.6. The molecule has 18 heavy (non-hydrogen) atoms. The van der Waals surface area contributed by atoms with E-state index in [1.807, 2.05) is 0 Å². The molecule has 0 spiro atoms. The standard InChI is InChI=1S/C12H14BrFN2O2/c1-12(2,3)18-11(17)16-15-7-8-6-9(13)4-5-10(8)14/h4-7H,1-3H3,(H,16,17)/b15-7+. The van der Waals surface area contributed by atoms with Crippen LogP contribution in [0.3, 0.4) is 0 Å². The first-order chi connectivity index (χ1) is 8.28. The Morgan fingerprint density at radius 1 is 1.50 bits per heavy atom. The van der Waals surface area contributed by atoms with Crippen LogP contribution < -0.4 is 5.43 Å². The summed E-state index contributed by atoms with van der Waals surface area (Å²) >= 11 is 3.22. The molecule has 0 aliphatic rings. The lowest BCUT2D eigenvalue weighted by molar-refractivity contribution is 0.0529. The molecule has 0 unspecified atom stereocenters. The molecule has 0 saturated carbocycles. The first-order valence-electron chi connectivity index (χ1n) is 5.25. The summed E-state index contributed by atoms with van der Waals surface area (Å²) in [5.74, 6) is -0.423. The summed E-state index contributed by atoms with van der Waals surface area (Å²) in [6.07, 6.45) is 0.526. The molecule has 6 heteroatoms. The maximum Gasteiger partial charge on any atom is 0.428 e. The van der Waals surface area contributed by atoms with E-state index in [9.17, 15) is 9.18 Å². The summed E-state index contributed by atoms with van der Waals surface area (Å²) < 4.78 is 19.0. The van der Waals surface area contributed by atoms with Gasteiger partial charge in [-0.05, 0) is 39.0 Å². The molecular formula is C12H14BrFN2O2. The zero-order valence-electron chi connectivity index (χ0n) is 10.3. The van der Waals surface area contributed by atoms with Gasteiger partial charge in [-0.2, -0.15) is 5.10 Å². The Kier molecular flexibility index (Phi) is 4.84. The van der Waals surface area contributed by atoms with Gasteiger partial charge in [-0.15, -0.1) is 0 Å². The summed E-state index contributed by atoms with van der Waals surface area (Å²) in [5, 5.41) is 3.62. The van der Waals surface area contributed by atoms with Crippen molar-refractivity contribution in [2.24, 2.45) is 5.10 Å². The Morgan fingerprint density at radius 3 is 2.78 bits per heavy atom. The van der Waals surface area contributed by atoms with Gasteiger partial charge in [0.1, 0.15) is 11.4 Å². The zero-order valence-corrected chi connectivity index (χ0v) is 11.9. The van der Waals surface area contributed by atoms with Crippen molar-refractivity contribution >= 4 is 28.2 Å². The van der Waals surface area contributed by atoms with E-state index in [2.05, 4.69) is 26.5 Å². The molecule has 0 aliphatic heterocycles. The first-order valence-corrected chi connectivity index (χ1v) is 6.04. The van der Waals surface area contributed by atoms with E-state index in [-0.39, 0.29) is 5.56 Å². The third-order valence-corrected chi connectivity index (χ3v) is 2.21. The van der Waals surface area contributed by atoms with Gasteiger partial charge in [0.2, 0.25) is 0 Å². The number of ether oxygens (including phenoxy) is 1. The van der Waals surface area contributed by atoms with Gasteiger partial charge in [0.05, 0.1) is 6.21 Å². The van der Waals surface area contributed by atoms with Crippen molar-refractivity contribution < 1.29 is 13.9 Å². The monoisotopic (exact) mass is 316 g/mol. The number of nitrogens with zero attached hydrogens (tertiary/aromatic N) is 1. The largest absolute Gasteiger partial charge is 0.443 e. The highest BCUT2D eigenvalue weighted by atomic mass is 79.9. The molecular weight excluding hydrogens is 303 g/mol. The van der Waals surface area contributed by atoms with E-state index < -0.39 is 17.5 Å². The van der Waals surface area contributed by atoms with Crippen LogP contribution in [0.4, 0.5) is 9.18 Å². The number of nitrogens with one attached hydrogen (secondary N) is 1. The maximum atomic E-state index is 13.3. The van der Waals surface area contributed by atoms with Gasteiger partial charge < -0.3 is 4.74 Å². The van der Waals surface area contributed by atoms with Crippen LogP contribution in [0, 0.1) is 5.82 Å². The Balaban J connectivity index is 2.60. The van der Waals surface area contributed by atoms with Gasteiger partial charge in [-0.3, -0.25) is 0 Å². The number of carbonyl (C=O) groups is 1. The van der Waals surface area contributed by atoms with Gasteiger partial charge in [0.25, 0.3) is 0 Å². The molecule has 0 fully saturated rings. The highest BCUT2D eigenvalue weighted by Crippen LogP contribution is 2.13. The minimum Gasteiger partial charge on any atom is -0.443 e. The fourth-order valence-electron chi connectivity index (χ4n) is 1.07. The Labute approximate surface area is 113 Å². The summed E-state index contributed by atoms with van der Waals surface area (Å²) in [5.41, 5.74) is 1.83. The van der Waals surface area contributed by atoms with Crippen molar-refractivity contribution in [3.8, 4) is 0 Å². The van der Waals surface area contributed by atoms with Crippen LogP contribution in [0.5, 0.6) is 0 Å². The second kappa shape index (κ2) is 5.95. The maximum absolute atomic E-state index is 13.3. The van der Waals surface area contributed by atoms with Crippen LogP contribution in [0.2, 0.25) is 0 Å². The second-order valence-corrected chi connectivity index (χ2v) is 5.45. The predicted molar refractivity (Wildman–Crippen MR) is 71.1 cm³/mol. The molecule has 98 valence electrons. The van der Waals surface area contributed by atoms with Crippen molar-refractivity contribution in [3.05, 3.63) is 34.1 Å². The van der Waals surface area contributed by atoms with Crippen molar-refractivity contribution in [2.75, 3.05) is 0 Å². The summed E-state index contributed by atoms with van der Waals surface area (Å²) in [6, 6.07) is 4.43. The molecule has 0 heterocycles. The number of hydrazone groups is 1. The number of carbonyl (C=O) groups excluding carboxylic acids is 1. The van der Waals surface area contributed by atoms with E-state index >= 15 is 0 Å². The predicted octanol–water partition coefficient (Wildman–Crippen LogP) is 3.45. The van der Waals surface area contributed by atoms with Gasteiger partial charge in [0, 0.05) is 10.0 Å². The average molecular weight is 317 g/mol. The Hall–Kier alpha value is -1.43. The molecule has 0 aliphatic carbocycles. The third kappa shape index (κ3) is 5.27. The minimum absolute atomic E-state index is 0.264. The van der Waals surface area contributed by atoms with Crippen molar-refractivity contribution in [1.82, 2.24) is 5.43 Å². The minimum atomic E-state index is -0.686. The highest BCUT2D eigenvalue weighted by Gasteiger charge is 2.15. The van der Waals surface area contributed by atoms with Crippen LogP contribution in [0.1, 0.15) is 26.3 Å². The van der Waals surface area contributed by atoms with Crippen molar-refractivity contribution in [1.29, 1.82) is 0 Å². The molecule has 1 N–H and O–H groups in total. The number of hydrogen-bond donors (Lipinski definition) is 1. The van der Waals surface area contributed by atoms with Crippen LogP contribution >= 0.6 is 15.9 Å². The summed E-state index contributed by atoms with van der Waals surface area (Å²) in [4.78, 5) is 11.3. The highest BCUT2D eigenvalue weighted by molar-refractivity contribution is 9.10. The molecule has 0 radical (unpaired) electrons. The molecule has 0 aromatic heterocycles. The SMILES string of the molecule is CC(C)(C)OC(=O)N/N=C/c1cc(Br)ccc1F. The molecule has 0 saturated heterocycles. The number of hydrogen-bond acceptors (Lipinski definition) is 3. The molecule has 1 aromatic carbocycles. The lowest BCUT2D eigenvalue weighted by atomic mass is 10.2. The van der Waals surface area contributed by atoms with Gasteiger partial charge in [-0.25, -0.2) is 14.6 Å². The van der Waals surface area contributed by atoms with Gasteiger partial charge in [0.15, 0.2) is 0 Å². The van der Waals surface area contributed by atoms with Gasteiger partial charge in [-0.1, -0.05) is 15.9 Å². The second-order valence-electron chi connectivity index (χ2n) is 4.54. The lowest BCUT2D eigenvalue weighted by Gasteiger charge is -2.18. The smallest absolute Gasteiger partial charge is 0.428 e. The fourth-order valence-corrected chi connectivity index (χ4v) is 1.45. The summed E-state index contributed by atoms with van der Waals surface area (Å²) in [6.45, 7) is 5.22. The number of benzene rings is 1. The van der Waals surface area contributed by atoms with E-state index in [1.165, 1.54) is 12.3 Å². The summed E-state index contributed by atoms with van der Waals surface area (Å²) in [7, 11) is 0. The van der Waals surface area contributed by atoms with Crippen LogP contribution in [-0.4, -0.2) is 17.9 Å².